The lowest BCUT2D eigenvalue weighted by Crippen LogP contribution is -2.13. The van der Waals surface area contributed by atoms with Gasteiger partial charge in [-0.25, -0.2) is 4.98 Å². The molecule has 0 unspecified atom stereocenters. The molecule has 0 saturated carbocycles. The Morgan fingerprint density at radius 3 is 2.61 bits per heavy atom. The van der Waals surface area contributed by atoms with Crippen molar-refractivity contribution in [1.82, 2.24) is 10.3 Å². The monoisotopic (exact) mass is 284 g/mol. The molecule has 1 N–H and O–H groups in total. The molecule has 0 aliphatic rings. The second-order valence-electron chi connectivity index (χ2n) is 3.98. The van der Waals surface area contributed by atoms with Gasteiger partial charge in [-0.05, 0) is 31.2 Å². The number of benzene rings is 1. The second-order valence-corrected chi connectivity index (χ2v) is 4.85. The molecule has 2 aromatic rings. The molecule has 3 nitrogen and oxygen atoms in total. The van der Waals surface area contributed by atoms with Gasteiger partial charge >= 0.3 is 0 Å². The van der Waals surface area contributed by atoms with Crippen LogP contribution in [-0.4, -0.2) is 11.5 Å². The highest BCUT2D eigenvalue weighted by molar-refractivity contribution is 6.35. The minimum absolute atomic E-state index is 0.535. The van der Waals surface area contributed by atoms with E-state index in [-0.39, 0.29) is 0 Å². The fourth-order valence-electron chi connectivity index (χ4n) is 1.59. The van der Waals surface area contributed by atoms with E-state index in [0.29, 0.717) is 22.5 Å². The first kappa shape index (κ1) is 13.4. The van der Waals surface area contributed by atoms with E-state index < -0.39 is 0 Å². The summed E-state index contributed by atoms with van der Waals surface area (Å²) in [5, 5.41) is 4.41. The molecule has 1 heterocycles. The topological polar surface area (TPSA) is 38.1 Å². The van der Waals surface area contributed by atoms with Gasteiger partial charge in [0, 0.05) is 22.2 Å². The minimum atomic E-state index is 0.535. The van der Waals surface area contributed by atoms with E-state index in [9.17, 15) is 0 Å². The summed E-state index contributed by atoms with van der Waals surface area (Å²) < 4.78 is 5.42. The van der Waals surface area contributed by atoms with Crippen LogP contribution >= 0.6 is 23.2 Å². The van der Waals surface area contributed by atoms with Crippen LogP contribution in [0.5, 0.6) is 0 Å². The Hall–Kier alpha value is -1.03. The molecule has 96 valence electrons. The van der Waals surface area contributed by atoms with E-state index in [4.69, 9.17) is 27.6 Å². The van der Waals surface area contributed by atoms with Crippen LogP contribution in [0.15, 0.2) is 28.9 Å². The molecule has 0 radical (unpaired) electrons. The van der Waals surface area contributed by atoms with Gasteiger partial charge in [0.05, 0.1) is 5.69 Å². The number of oxazole rings is 1. The summed E-state index contributed by atoms with van der Waals surface area (Å²) in [4.78, 5) is 4.39. The van der Waals surface area contributed by atoms with Gasteiger partial charge in [-0.2, -0.15) is 0 Å². The molecule has 1 aromatic carbocycles. The quantitative estimate of drug-likeness (QED) is 0.839. The first-order chi connectivity index (χ1) is 8.69. The molecular formula is C13H14Cl2N2O. The van der Waals surface area contributed by atoms with Crippen LogP contribution in [0.1, 0.15) is 19.0 Å². The van der Waals surface area contributed by atoms with Crippen molar-refractivity contribution in [3.63, 3.8) is 0 Å². The summed E-state index contributed by atoms with van der Waals surface area (Å²) in [7, 11) is 0. The van der Waals surface area contributed by atoms with Gasteiger partial charge in [-0.15, -0.1) is 0 Å². The molecule has 2 rings (SSSR count). The zero-order valence-electron chi connectivity index (χ0n) is 10.0. The molecule has 0 aliphatic carbocycles. The Balaban J connectivity index is 2.13. The van der Waals surface area contributed by atoms with E-state index >= 15 is 0 Å². The molecule has 0 atom stereocenters. The van der Waals surface area contributed by atoms with Crippen molar-refractivity contribution in [2.75, 3.05) is 6.54 Å². The molecule has 0 saturated heterocycles. The van der Waals surface area contributed by atoms with Crippen molar-refractivity contribution >= 4 is 23.2 Å². The second kappa shape index (κ2) is 6.23. The van der Waals surface area contributed by atoms with E-state index in [1.54, 1.807) is 24.5 Å². The fraction of sp³-hybridized carbons (Fsp3) is 0.308. The average molecular weight is 285 g/mol. The first-order valence-corrected chi connectivity index (χ1v) is 6.56. The maximum Gasteiger partial charge on any atom is 0.226 e. The fourth-order valence-corrected chi connectivity index (χ4v) is 2.12. The number of halogens is 2. The van der Waals surface area contributed by atoms with Crippen molar-refractivity contribution < 1.29 is 4.42 Å². The Labute approximate surface area is 116 Å². The molecule has 0 spiro atoms. The van der Waals surface area contributed by atoms with Gasteiger partial charge in [-0.3, -0.25) is 0 Å². The summed E-state index contributed by atoms with van der Waals surface area (Å²) in [6.45, 7) is 3.78. The smallest absolute Gasteiger partial charge is 0.226 e. The van der Waals surface area contributed by atoms with Crippen LogP contribution in [0.2, 0.25) is 10.0 Å². The van der Waals surface area contributed by atoms with E-state index in [1.807, 2.05) is 0 Å². The van der Waals surface area contributed by atoms with Gasteiger partial charge in [0.15, 0.2) is 0 Å². The van der Waals surface area contributed by atoms with Gasteiger partial charge in [-0.1, -0.05) is 30.1 Å². The average Bonchev–Trinajstić information content (AvgIpc) is 2.77. The predicted molar refractivity (Wildman–Crippen MR) is 74.0 cm³/mol. The Morgan fingerprint density at radius 1 is 1.22 bits per heavy atom. The molecule has 0 amide bonds. The van der Waals surface area contributed by atoms with Crippen molar-refractivity contribution in [3.8, 4) is 11.5 Å². The number of nitrogens with one attached hydrogen (secondary N) is 1. The van der Waals surface area contributed by atoms with Crippen molar-refractivity contribution in [2.45, 2.75) is 19.9 Å². The Morgan fingerprint density at radius 2 is 1.94 bits per heavy atom. The first-order valence-electron chi connectivity index (χ1n) is 5.80. The van der Waals surface area contributed by atoms with Gasteiger partial charge in [0.2, 0.25) is 5.89 Å². The molecule has 1 aromatic heterocycles. The van der Waals surface area contributed by atoms with Gasteiger partial charge in [0.25, 0.3) is 0 Å². The summed E-state index contributed by atoms with van der Waals surface area (Å²) in [6.07, 6.45) is 2.74. The number of hydrogen-bond donors (Lipinski definition) is 1. The van der Waals surface area contributed by atoms with Gasteiger partial charge in [0.1, 0.15) is 6.26 Å². The lowest BCUT2D eigenvalue weighted by atomic mass is 10.2. The molecule has 18 heavy (non-hydrogen) atoms. The third kappa shape index (κ3) is 3.48. The lowest BCUT2D eigenvalue weighted by Gasteiger charge is -1.99. The zero-order chi connectivity index (χ0) is 13.0. The van der Waals surface area contributed by atoms with Crippen LogP contribution in [0.3, 0.4) is 0 Å². The largest absolute Gasteiger partial charge is 0.444 e. The van der Waals surface area contributed by atoms with Crippen molar-refractivity contribution in [2.24, 2.45) is 0 Å². The normalized spacial score (nSPS) is 10.8. The molecule has 0 fully saturated rings. The molecule has 0 aliphatic heterocycles. The Bertz CT molecular complexity index is 505. The molecular weight excluding hydrogens is 271 g/mol. The zero-order valence-corrected chi connectivity index (χ0v) is 11.6. The third-order valence-corrected chi connectivity index (χ3v) is 2.83. The summed E-state index contributed by atoms with van der Waals surface area (Å²) in [6, 6.07) is 5.24. The Kier molecular flexibility index (Phi) is 4.64. The van der Waals surface area contributed by atoms with E-state index in [0.717, 1.165) is 24.2 Å². The maximum absolute atomic E-state index is 5.94. The van der Waals surface area contributed by atoms with E-state index in [1.165, 1.54) is 0 Å². The van der Waals surface area contributed by atoms with Gasteiger partial charge < -0.3 is 9.73 Å². The van der Waals surface area contributed by atoms with Crippen molar-refractivity contribution in [1.29, 1.82) is 0 Å². The highest BCUT2D eigenvalue weighted by atomic mass is 35.5. The highest BCUT2D eigenvalue weighted by Crippen LogP contribution is 2.26. The lowest BCUT2D eigenvalue weighted by molar-refractivity contribution is 0.570. The van der Waals surface area contributed by atoms with Crippen LogP contribution in [0.4, 0.5) is 0 Å². The van der Waals surface area contributed by atoms with Crippen LogP contribution < -0.4 is 5.32 Å². The maximum atomic E-state index is 5.94. The van der Waals surface area contributed by atoms with Crippen LogP contribution in [0.25, 0.3) is 11.5 Å². The van der Waals surface area contributed by atoms with E-state index in [2.05, 4.69) is 17.2 Å². The molecule has 0 bridgehead atoms. The number of nitrogens with zero attached hydrogens (tertiary/aromatic N) is 1. The highest BCUT2D eigenvalue weighted by Gasteiger charge is 2.08. The number of rotatable bonds is 5. The third-order valence-electron chi connectivity index (χ3n) is 2.39. The predicted octanol–water partition coefficient (Wildman–Crippen LogP) is 4.15. The SMILES string of the molecule is CCCNCc1coc(-c2cc(Cl)cc(Cl)c2)n1. The summed E-state index contributed by atoms with van der Waals surface area (Å²) in [5.74, 6) is 0.535. The van der Waals surface area contributed by atoms with Crippen LogP contribution in [0, 0.1) is 0 Å². The summed E-state index contributed by atoms with van der Waals surface area (Å²) >= 11 is 11.9. The molecule has 5 heteroatoms. The number of hydrogen-bond acceptors (Lipinski definition) is 3. The van der Waals surface area contributed by atoms with Crippen LogP contribution in [-0.2, 0) is 6.54 Å². The minimum Gasteiger partial charge on any atom is -0.444 e. The standard InChI is InChI=1S/C13H14Cl2N2O/c1-2-3-16-7-12-8-18-13(17-12)9-4-10(14)6-11(15)5-9/h4-6,8,16H,2-3,7H2,1H3. The van der Waals surface area contributed by atoms with Crippen molar-refractivity contribution in [3.05, 3.63) is 40.2 Å². The number of aromatic nitrogens is 1. The summed E-state index contributed by atoms with van der Waals surface area (Å²) in [5.41, 5.74) is 1.66.